The van der Waals surface area contributed by atoms with Crippen molar-refractivity contribution in [2.24, 2.45) is 0 Å². The van der Waals surface area contributed by atoms with E-state index in [4.69, 9.17) is 4.74 Å². The lowest BCUT2D eigenvalue weighted by Gasteiger charge is -2.41. The fourth-order valence-electron chi connectivity index (χ4n) is 2.69. The quantitative estimate of drug-likeness (QED) is 0.759. The van der Waals surface area contributed by atoms with Crippen LogP contribution in [0.2, 0.25) is 0 Å². The molecule has 0 aromatic heterocycles. The molecular weight excluding hydrogens is 226 g/mol. The van der Waals surface area contributed by atoms with Gasteiger partial charge in [0, 0.05) is 51.9 Å². The first-order valence-electron chi connectivity index (χ1n) is 7.44. The second kappa shape index (κ2) is 6.33. The molecule has 0 spiro atoms. The van der Waals surface area contributed by atoms with Crippen LogP contribution in [0.5, 0.6) is 0 Å². The molecule has 18 heavy (non-hydrogen) atoms. The van der Waals surface area contributed by atoms with Gasteiger partial charge in [-0.2, -0.15) is 0 Å². The summed E-state index contributed by atoms with van der Waals surface area (Å²) in [6.07, 6.45) is 1.26. The van der Waals surface area contributed by atoms with Gasteiger partial charge in [-0.1, -0.05) is 6.92 Å². The molecule has 4 heteroatoms. The van der Waals surface area contributed by atoms with Crippen LogP contribution in [-0.4, -0.2) is 73.9 Å². The van der Waals surface area contributed by atoms with Crippen LogP contribution >= 0.6 is 0 Å². The standard InChI is InChI=1S/C14H29N3O/c1-4-13(2)17-7-5-16(6-8-17)9-10-18-14(3)11-15-12-14/h13,15H,4-12H2,1-3H3. The molecule has 2 rings (SSSR count). The van der Waals surface area contributed by atoms with Crippen LogP contribution in [0, 0.1) is 0 Å². The number of hydrogen-bond acceptors (Lipinski definition) is 4. The highest BCUT2D eigenvalue weighted by atomic mass is 16.5. The third kappa shape index (κ3) is 3.67. The molecule has 0 aromatic carbocycles. The van der Waals surface area contributed by atoms with Crippen molar-refractivity contribution in [3.05, 3.63) is 0 Å². The van der Waals surface area contributed by atoms with Crippen LogP contribution in [0.3, 0.4) is 0 Å². The molecule has 1 unspecified atom stereocenters. The summed E-state index contributed by atoms with van der Waals surface area (Å²) in [7, 11) is 0. The summed E-state index contributed by atoms with van der Waals surface area (Å²) in [6.45, 7) is 15.6. The van der Waals surface area contributed by atoms with Crippen molar-refractivity contribution in [1.29, 1.82) is 0 Å². The summed E-state index contributed by atoms with van der Waals surface area (Å²) >= 11 is 0. The Hall–Kier alpha value is -0.160. The van der Waals surface area contributed by atoms with Gasteiger partial charge in [0.15, 0.2) is 0 Å². The van der Waals surface area contributed by atoms with Crippen molar-refractivity contribution < 1.29 is 4.74 Å². The van der Waals surface area contributed by atoms with Gasteiger partial charge in [-0.25, -0.2) is 0 Å². The second-order valence-corrected chi connectivity index (χ2v) is 6.04. The van der Waals surface area contributed by atoms with E-state index >= 15 is 0 Å². The topological polar surface area (TPSA) is 27.7 Å². The zero-order chi connectivity index (χ0) is 13.0. The minimum absolute atomic E-state index is 0.110. The smallest absolute Gasteiger partial charge is 0.0902 e. The van der Waals surface area contributed by atoms with Crippen molar-refractivity contribution in [2.45, 2.75) is 38.8 Å². The highest BCUT2D eigenvalue weighted by Crippen LogP contribution is 2.15. The highest BCUT2D eigenvalue weighted by Gasteiger charge is 2.32. The Kier molecular flexibility index (Phi) is 5.01. The van der Waals surface area contributed by atoms with Gasteiger partial charge in [0.05, 0.1) is 12.2 Å². The Morgan fingerprint density at radius 3 is 2.39 bits per heavy atom. The zero-order valence-corrected chi connectivity index (χ0v) is 12.2. The molecule has 0 amide bonds. The maximum absolute atomic E-state index is 5.95. The van der Waals surface area contributed by atoms with Crippen molar-refractivity contribution >= 4 is 0 Å². The van der Waals surface area contributed by atoms with Crippen LogP contribution in [0.4, 0.5) is 0 Å². The van der Waals surface area contributed by atoms with Crippen molar-refractivity contribution in [2.75, 3.05) is 52.4 Å². The van der Waals surface area contributed by atoms with Crippen LogP contribution in [0.1, 0.15) is 27.2 Å². The van der Waals surface area contributed by atoms with E-state index in [0.29, 0.717) is 0 Å². The number of nitrogens with one attached hydrogen (secondary N) is 1. The second-order valence-electron chi connectivity index (χ2n) is 6.04. The van der Waals surface area contributed by atoms with E-state index in [2.05, 4.69) is 35.9 Å². The normalized spacial score (nSPS) is 26.8. The van der Waals surface area contributed by atoms with Crippen LogP contribution in [0.25, 0.3) is 0 Å². The molecule has 2 heterocycles. The molecule has 0 saturated carbocycles. The molecule has 4 nitrogen and oxygen atoms in total. The summed E-state index contributed by atoms with van der Waals surface area (Å²) in [5, 5.41) is 3.27. The monoisotopic (exact) mass is 255 g/mol. The minimum Gasteiger partial charge on any atom is -0.371 e. The zero-order valence-electron chi connectivity index (χ0n) is 12.2. The molecule has 1 atom stereocenters. The Balaban J connectivity index is 1.59. The average molecular weight is 255 g/mol. The lowest BCUT2D eigenvalue weighted by molar-refractivity contribution is -0.0745. The van der Waals surface area contributed by atoms with E-state index in [-0.39, 0.29) is 5.60 Å². The maximum atomic E-state index is 5.95. The molecule has 2 saturated heterocycles. The van der Waals surface area contributed by atoms with Crippen molar-refractivity contribution in [3.8, 4) is 0 Å². The summed E-state index contributed by atoms with van der Waals surface area (Å²) in [4.78, 5) is 5.14. The predicted octanol–water partition coefficient (Wildman–Crippen LogP) is 0.781. The van der Waals surface area contributed by atoms with E-state index in [1.807, 2.05) is 0 Å². The number of hydrogen-bond donors (Lipinski definition) is 1. The van der Waals surface area contributed by atoms with Gasteiger partial charge in [-0.15, -0.1) is 0 Å². The third-order valence-electron chi connectivity index (χ3n) is 4.48. The first-order chi connectivity index (χ1) is 8.63. The van der Waals surface area contributed by atoms with Crippen LogP contribution in [0.15, 0.2) is 0 Å². The molecule has 2 fully saturated rings. The molecule has 0 bridgehead atoms. The van der Waals surface area contributed by atoms with Gasteiger partial charge < -0.3 is 10.1 Å². The number of rotatable bonds is 6. The van der Waals surface area contributed by atoms with Gasteiger partial charge in [0.1, 0.15) is 0 Å². The molecule has 0 aromatic rings. The Labute approximate surface area is 112 Å². The molecule has 0 radical (unpaired) electrons. The summed E-state index contributed by atoms with van der Waals surface area (Å²) in [5.41, 5.74) is 0.110. The lowest BCUT2D eigenvalue weighted by atomic mass is 10.0. The van der Waals surface area contributed by atoms with Gasteiger partial charge in [-0.05, 0) is 20.3 Å². The first-order valence-corrected chi connectivity index (χ1v) is 7.44. The fourth-order valence-corrected chi connectivity index (χ4v) is 2.69. The SMILES string of the molecule is CCC(C)N1CCN(CCOC2(C)CNC2)CC1. The van der Waals surface area contributed by atoms with E-state index in [0.717, 1.165) is 32.3 Å². The third-order valence-corrected chi connectivity index (χ3v) is 4.48. The predicted molar refractivity (Wildman–Crippen MR) is 75.0 cm³/mol. The van der Waals surface area contributed by atoms with E-state index in [1.165, 1.54) is 32.6 Å². The maximum Gasteiger partial charge on any atom is 0.0902 e. The largest absolute Gasteiger partial charge is 0.371 e. The van der Waals surface area contributed by atoms with Gasteiger partial charge in [-0.3, -0.25) is 9.80 Å². The van der Waals surface area contributed by atoms with Crippen LogP contribution in [-0.2, 0) is 4.74 Å². The van der Waals surface area contributed by atoms with Crippen LogP contribution < -0.4 is 5.32 Å². The summed E-state index contributed by atoms with van der Waals surface area (Å²) in [6, 6.07) is 0.739. The van der Waals surface area contributed by atoms with Crippen molar-refractivity contribution in [3.63, 3.8) is 0 Å². The highest BCUT2D eigenvalue weighted by molar-refractivity contribution is 4.90. The van der Waals surface area contributed by atoms with Crippen molar-refractivity contribution in [1.82, 2.24) is 15.1 Å². The summed E-state index contributed by atoms with van der Waals surface area (Å²) < 4.78 is 5.95. The fraction of sp³-hybridized carbons (Fsp3) is 1.00. The Bertz CT molecular complexity index is 247. The average Bonchev–Trinajstić information content (AvgIpc) is 2.36. The lowest BCUT2D eigenvalue weighted by Crippen LogP contribution is -2.59. The molecule has 2 aliphatic heterocycles. The Morgan fingerprint density at radius 2 is 1.89 bits per heavy atom. The summed E-state index contributed by atoms with van der Waals surface area (Å²) in [5.74, 6) is 0. The Morgan fingerprint density at radius 1 is 1.22 bits per heavy atom. The molecule has 1 N–H and O–H groups in total. The number of ether oxygens (including phenoxy) is 1. The van der Waals surface area contributed by atoms with Gasteiger partial charge >= 0.3 is 0 Å². The van der Waals surface area contributed by atoms with Gasteiger partial charge in [0.25, 0.3) is 0 Å². The van der Waals surface area contributed by atoms with E-state index in [1.54, 1.807) is 0 Å². The molecule has 106 valence electrons. The van der Waals surface area contributed by atoms with E-state index in [9.17, 15) is 0 Å². The van der Waals surface area contributed by atoms with Gasteiger partial charge in [0.2, 0.25) is 0 Å². The minimum atomic E-state index is 0.110. The number of nitrogens with zero attached hydrogens (tertiary/aromatic N) is 2. The number of piperazine rings is 1. The first kappa shape index (κ1) is 14.3. The molecule has 2 aliphatic rings. The van der Waals surface area contributed by atoms with E-state index < -0.39 is 0 Å². The molecule has 0 aliphatic carbocycles. The molecular formula is C14H29N3O.